The molecule has 0 aromatic rings. The second-order valence-electron chi connectivity index (χ2n) is 16.3. The van der Waals surface area contributed by atoms with Crippen LogP contribution in [0.4, 0.5) is 0 Å². The van der Waals surface area contributed by atoms with Gasteiger partial charge in [0.15, 0.2) is 0 Å². The lowest BCUT2D eigenvalue weighted by Gasteiger charge is -2.45. The van der Waals surface area contributed by atoms with Crippen LogP contribution in [0.3, 0.4) is 0 Å². The fourth-order valence-electron chi connectivity index (χ4n) is 7.18. The second-order valence-corrected chi connectivity index (χ2v) is 16.3. The van der Waals surface area contributed by atoms with Crippen molar-refractivity contribution in [3.05, 3.63) is 0 Å². The van der Waals surface area contributed by atoms with Crippen molar-refractivity contribution in [2.24, 2.45) is 0 Å². The summed E-state index contributed by atoms with van der Waals surface area (Å²) in [7, 11) is 0. The molecule has 0 amide bonds. The smallest absolute Gasteiger partial charge is 0.305 e. The zero-order chi connectivity index (χ0) is 31.2. The van der Waals surface area contributed by atoms with Gasteiger partial charge in [0.1, 0.15) is 12.2 Å². The van der Waals surface area contributed by atoms with E-state index in [1.165, 1.54) is 19.3 Å². The molecule has 0 radical (unpaired) electrons. The van der Waals surface area contributed by atoms with Gasteiger partial charge in [-0.05, 0) is 102 Å². The Labute approximate surface area is 253 Å². The number of piperidine rings is 3. The molecular formula is C33H68N4O4. The maximum Gasteiger partial charge on any atom is 0.305 e. The Morgan fingerprint density at radius 3 is 0.976 bits per heavy atom. The van der Waals surface area contributed by atoms with Crippen molar-refractivity contribution in [1.82, 2.24) is 22.1 Å². The van der Waals surface area contributed by atoms with Crippen LogP contribution >= 0.6 is 0 Å². The second kappa shape index (κ2) is 15.0. The van der Waals surface area contributed by atoms with Gasteiger partial charge in [-0.3, -0.25) is 9.59 Å². The Kier molecular flexibility index (Phi) is 14.5. The number of hydrogen-bond donors (Lipinski definition) is 4. The van der Waals surface area contributed by atoms with Gasteiger partial charge in [-0.15, -0.1) is 0 Å². The van der Waals surface area contributed by atoms with E-state index in [1.807, 2.05) is 13.8 Å². The predicted molar refractivity (Wildman–Crippen MR) is 172 cm³/mol. The van der Waals surface area contributed by atoms with Crippen molar-refractivity contribution in [2.75, 3.05) is 0 Å². The molecule has 3 heterocycles. The lowest BCUT2D eigenvalue weighted by atomic mass is 9.81. The third kappa shape index (κ3) is 16.3. The number of nitrogens with one attached hydrogen (secondary N) is 3. The van der Waals surface area contributed by atoms with Crippen molar-refractivity contribution in [1.29, 1.82) is 0 Å². The largest absolute Gasteiger partial charge is 0.462 e. The summed E-state index contributed by atoms with van der Waals surface area (Å²) < 4.78 is 10.9. The van der Waals surface area contributed by atoms with E-state index in [9.17, 15) is 9.59 Å². The Bertz CT molecular complexity index is 735. The van der Waals surface area contributed by atoms with Crippen LogP contribution in [0.15, 0.2) is 0 Å². The quantitative estimate of drug-likeness (QED) is 0.261. The number of carbonyl (C=O) groups excluding carboxylic acids is 2. The molecule has 0 aromatic heterocycles. The Hall–Kier alpha value is -1.22. The van der Waals surface area contributed by atoms with Gasteiger partial charge >= 0.3 is 11.9 Å². The first kappa shape index (κ1) is 39.8. The number of hydrogen-bond acceptors (Lipinski definition) is 8. The maximum absolute atomic E-state index is 11.3. The van der Waals surface area contributed by atoms with Crippen molar-refractivity contribution < 1.29 is 19.1 Å². The minimum absolute atomic E-state index is 0. The van der Waals surface area contributed by atoms with Gasteiger partial charge in [0, 0.05) is 71.8 Å². The minimum atomic E-state index is -0.0894. The highest BCUT2D eigenvalue weighted by molar-refractivity contribution is 5.69. The number of esters is 2. The minimum Gasteiger partial charge on any atom is -0.462 e. The van der Waals surface area contributed by atoms with Crippen LogP contribution in [0.25, 0.3) is 0 Å². The van der Waals surface area contributed by atoms with Gasteiger partial charge in [0.25, 0.3) is 0 Å². The molecule has 0 atom stereocenters. The van der Waals surface area contributed by atoms with E-state index in [2.05, 4.69) is 99.0 Å². The average Bonchev–Trinajstić information content (AvgIpc) is 2.68. The van der Waals surface area contributed by atoms with Crippen molar-refractivity contribution in [3.8, 4) is 0 Å². The molecule has 244 valence electrons. The van der Waals surface area contributed by atoms with E-state index in [1.54, 1.807) is 0 Å². The summed E-state index contributed by atoms with van der Waals surface area (Å²) in [6.07, 6.45) is 8.61. The van der Waals surface area contributed by atoms with Gasteiger partial charge in [0.05, 0.1) is 0 Å². The first-order chi connectivity index (χ1) is 17.9. The van der Waals surface area contributed by atoms with Crippen molar-refractivity contribution >= 4 is 11.9 Å². The molecule has 8 heteroatoms. The zero-order valence-corrected chi connectivity index (χ0v) is 29.4. The molecule has 0 aromatic carbocycles. The summed E-state index contributed by atoms with van der Waals surface area (Å²) in [5.74, 6) is -0.179. The molecule has 0 spiro atoms. The molecule has 3 fully saturated rings. The van der Waals surface area contributed by atoms with Crippen LogP contribution in [0.1, 0.15) is 155 Å². The van der Waals surface area contributed by atoms with E-state index in [0.717, 1.165) is 25.7 Å². The van der Waals surface area contributed by atoms with Crippen LogP contribution in [0.5, 0.6) is 0 Å². The van der Waals surface area contributed by atoms with Gasteiger partial charge in [-0.2, -0.15) is 0 Å². The predicted octanol–water partition coefficient (Wildman–Crippen LogP) is 6.98. The molecule has 3 rings (SSSR count). The lowest BCUT2D eigenvalue weighted by Crippen LogP contribution is -2.59. The molecular weight excluding hydrogens is 516 g/mol. The molecule has 8 nitrogen and oxygen atoms in total. The SMILES string of the molecule is CC1(C)CCCC(C)(C)N1.CCC(=O)OC1CC(C)(C)NC(C)(C)C1.CCC(=O)OC1CC(C)(C)NC(C)(C)C1.N. The first-order valence-electron chi connectivity index (χ1n) is 15.7. The van der Waals surface area contributed by atoms with Gasteiger partial charge in [-0.1, -0.05) is 13.8 Å². The summed E-state index contributed by atoms with van der Waals surface area (Å²) >= 11 is 0. The highest BCUT2D eigenvalue weighted by atomic mass is 16.5. The summed E-state index contributed by atoms with van der Waals surface area (Å²) in [5, 5.41) is 10.8. The fourth-order valence-corrected chi connectivity index (χ4v) is 7.18. The van der Waals surface area contributed by atoms with Crippen molar-refractivity contribution in [2.45, 2.75) is 200 Å². The van der Waals surface area contributed by atoms with Crippen LogP contribution in [0.2, 0.25) is 0 Å². The van der Waals surface area contributed by atoms with E-state index in [4.69, 9.17) is 9.47 Å². The Balaban J connectivity index is 0.000000591. The molecule has 0 bridgehead atoms. The molecule has 3 aliphatic heterocycles. The molecule has 6 N–H and O–H groups in total. The number of carbonyl (C=O) groups is 2. The van der Waals surface area contributed by atoms with E-state index in [-0.39, 0.29) is 52.5 Å². The first-order valence-corrected chi connectivity index (χ1v) is 15.7. The number of rotatable bonds is 4. The normalized spacial score (nSPS) is 25.5. The van der Waals surface area contributed by atoms with E-state index in [0.29, 0.717) is 23.9 Å². The molecule has 41 heavy (non-hydrogen) atoms. The molecule has 3 aliphatic rings. The zero-order valence-electron chi connectivity index (χ0n) is 29.4. The van der Waals surface area contributed by atoms with Gasteiger partial charge in [-0.25, -0.2) is 0 Å². The highest BCUT2D eigenvalue weighted by Gasteiger charge is 2.40. The third-order valence-corrected chi connectivity index (χ3v) is 7.76. The van der Waals surface area contributed by atoms with E-state index < -0.39 is 0 Å². The maximum atomic E-state index is 11.3. The van der Waals surface area contributed by atoms with Crippen LogP contribution in [-0.4, -0.2) is 57.4 Å². The topological polar surface area (TPSA) is 124 Å². The van der Waals surface area contributed by atoms with E-state index >= 15 is 0 Å². The molecule has 3 saturated heterocycles. The van der Waals surface area contributed by atoms with Crippen LogP contribution in [-0.2, 0) is 19.1 Å². The summed E-state index contributed by atoms with van der Waals surface area (Å²) in [5.41, 5.74) is 0.894. The Morgan fingerprint density at radius 1 is 0.537 bits per heavy atom. The van der Waals surface area contributed by atoms with Crippen LogP contribution in [0, 0.1) is 0 Å². The third-order valence-electron chi connectivity index (χ3n) is 7.76. The summed E-state index contributed by atoms with van der Waals surface area (Å²) in [4.78, 5) is 22.5. The lowest BCUT2D eigenvalue weighted by molar-refractivity contribution is -0.153. The van der Waals surface area contributed by atoms with Crippen molar-refractivity contribution in [3.63, 3.8) is 0 Å². The van der Waals surface area contributed by atoms with Gasteiger partial charge in [0.2, 0.25) is 0 Å². The monoisotopic (exact) mass is 585 g/mol. The summed E-state index contributed by atoms with van der Waals surface area (Å²) in [6, 6.07) is 0. The molecule has 0 saturated carbocycles. The Morgan fingerprint density at radius 2 is 0.780 bits per heavy atom. The standard InChI is InChI=1S/2C12H23NO2.C9H19N.H3N/c2*1-6-10(14)15-9-7-11(2,3)13-12(4,5)8-9;1-8(2)6-5-7-9(3,4)10-8;/h2*9,13H,6-8H2,1-5H3;10H,5-7H2,1-4H3;1H3. The highest BCUT2D eigenvalue weighted by Crippen LogP contribution is 2.31. The fraction of sp³-hybridized carbons (Fsp3) is 0.939. The van der Waals surface area contributed by atoms with Crippen LogP contribution < -0.4 is 22.1 Å². The van der Waals surface area contributed by atoms with Gasteiger partial charge < -0.3 is 31.6 Å². The average molecular weight is 585 g/mol. The summed E-state index contributed by atoms with van der Waals surface area (Å²) in [6.45, 7) is 30.0. The molecule has 0 unspecified atom stereocenters. The molecule has 0 aliphatic carbocycles. The number of ether oxygens (including phenoxy) is 2.